The first-order valence-electron chi connectivity index (χ1n) is 6.19. The zero-order valence-corrected chi connectivity index (χ0v) is 11.4. The van der Waals surface area contributed by atoms with Crippen LogP contribution in [0.2, 0.25) is 0 Å². The summed E-state index contributed by atoms with van der Waals surface area (Å²) >= 11 is 0. The summed E-state index contributed by atoms with van der Waals surface area (Å²) in [4.78, 5) is 6.63. The number of ether oxygens (including phenoxy) is 1. The van der Waals surface area contributed by atoms with Crippen LogP contribution in [0.5, 0.6) is 0 Å². The molecule has 1 aliphatic rings. The fraction of sp³-hybridized carbons (Fsp3) is 0.571. The number of nitriles is 1. The second-order valence-electron chi connectivity index (χ2n) is 5.37. The Morgan fingerprint density at radius 1 is 1.44 bits per heavy atom. The highest BCUT2D eigenvalue weighted by Crippen LogP contribution is 2.31. The van der Waals surface area contributed by atoms with Gasteiger partial charge in [-0.15, -0.1) is 0 Å². The van der Waals surface area contributed by atoms with Crippen LogP contribution in [-0.2, 0) is 4.74 Å². The van der Waals surface area contributed by atoms with E-state index < -0.39 is 0 Å². The summed E-state index contributed by atoms with van der Waals surface area (Å²) in [6, 6.07) is 4.28. The van der Waals surface area contributed by atoms with Crippen molar-refractivity contribution >= 4 is 5.69 Å². The summed E-state index contributed by atoms with van der Waals surface area (Å²) in [5.41, 5.74) is 3.31. The lowest BCUT2D eigenvalue weighted by Gasteiger charge is -2.44. The van der Waals surface area contributed by atoms with Crippen LogP contribution in [0, 0.1) is 25.2 Å². The minimum atomic E-state index is -0.0932. The van der Waals surface area contributed by atoms with E-state index >= 15 is 0 Å². The average Bonchev–Trinajstić information content (AvgIpc) is 2.27. The topological polar surface area (TPSA) is 49.1 Å². The third-order valence-electron chi connectivity index (χ3n) is 3.36. The van der Waals surface area contributed by atoms with Crippen molar-refractivity contribution in [3.63, 3.8) is 0 Å². The molecule has 0 amide bonds. The molecule has 0 radical (unpaired) electrons. The van der Waals surface area contributed by atoms with Crippen LogP contribution in [0.25, 0.3) is 0 Å². The van der Waals surface area contributed by atoms with Crippen LogP contribution < -0.4 is 4.90 Å². The van der Waals surface area contributed by atoms with Crippen molar-refractivity contribution in [2.75, 3.05) is 24.7 Å². The van der Waals surface area contributed by atoms with Gasteiger partial charge in [0, 0.05) is 12.2 Å². The fourth-order valence-electron chi connectivity index (χ4n) is 2.46. The van der Waals surface area contributed by atoms with Gasteiger partial charge >= 0.3 is 0 Å². The molecule has 1 aliphatic heterocycles. The minimum Gasteiger partial charge on any atom is -0.377 e. The first-order chi connectivity index (χ1) is 8.45. The third kappa shape index (κ3) is 2.19. The Kier molecular flexibility index (Phi) is 3.27. The molecule has 0 N–H and O–H groups in total. The van der Waals surface area contributed by atoms with Gasteiger partial charge in [-0.1, -0.05) is 0 Å². The van der Waals surface area contributed by atoms with Gasteiger partial charge in [-0.25, -0.2) is 0 Å². The van der Waals surface area contributed by atoms with Crippen LogP contribution in [0.1, 0.15) is 30.8 Å². The number of nitrogens with zero attached hydrogens (tertiary/aromatic N) is 3. The first-order valence-corrected chi connectivity index (χ1v) is 6.19. The van der Waals surface area contributed by atoms with Gasteiger partial charge in [-0.2, -0.15) is 5.26 Å². The molecule has 4 nitrogen and oxygen atoms in total. The predicted molar refractivity (Wildman–Crippen MR) is 70.7 cm³/mol. The highest BCUT2D eigenvalue weighted by molar-refractivity contribution is 5.63. The van der Waals surface area contributed by atoms with E-state index in [2.05, 4.69) is 29.8 Å². The van der Waals surface area contributed by atoms with Crippen molar-refractivity contribution in [1.29, 1.82) is 5.26 Å². The summed E-state index contributed by atoms with van der Waals surface area (Å²) in [6.45, 7) is 10.3. The molecule has 1 fully saturated rings. The molecule has 18 heavy (non-hydrogen) atoms. The van der Waals surface area contributed by atoms with Crippen molar-refractivity contribution < 1.29 is 4.74 Å². The number of hydrogen-bond donors (Lipinski definition) is 0. The Labute approximate surface area is 108 Å². The minimum absolute atomic E-state index is 0.0932. The second-order valence-corrected chi connectivity index (χ2v) is 5.37. The standard InChI is InChI=1S/C14H19N3O/c1-10-7-13(12(8-15)11(2)16-10)17-5-6-18-9-14(17,3)4/h7H,5-6,9H2,1-4H3. The summed E-state index contributed by atoms with van der Waals surface area (Å²) in [5, 5.41) is 9.34. The van der Waals surface area contributed by atoms with Gasteiger partial charge < -0.3 is 9.64 Å². The molecule has 2 heterocycles. The van der Waals surface area contributed by atoms with Gasteiger partial charge in [0.05, 0.1) is 35.7 Å². The molecular weight excluding hydrogens is 226 g/mol. The summed E-state index contributed by atoms with van der Waals surface area (Å²) in [6.07, 6.45) is 0. The van der Waals surface area contributed by atoms with Gasteiger partial charge in [0.25, 0.3) is 0 Å². The Bertz CT molecular complexity index is 502. The molecule has 4 heteroatoms. The SMILES string of the molecule is Cc1cc(N2CCOCC2(C)C)c(C#N)c(C)n1. The lowest BCUT2D eigenvalue weighted by molar-refractivity contribution is 0.0643. The maximum absolute atomic E-state index is 9.34. The van der Waals surface area contributed by atoms with Gasteiger partial charge in [-0.05, 0) is 33.8 Å². The van der Waals surface area contributed by atoms with E-state index in [4.69, 9.17) is 4.74 Å². The Balaban J connectivity index is 2.53. The van der Waals surface area contributed by atoms with Crippen molar-refractivity contribution in [2.24, 2.45) is 0 Å². The zero-order chi connectivity index (χ0) is 13.3. The van der Waals surface area contributed by atoms with Crippen LogP contribution in [0.4, 0.5) is 5.69 Å². The molecular formula is C14H19N3O. The molecule has 0 atom stereocenters. The molecule has 1 aromatic rings. The van der Waals surface area contributed by atoms with E-state index in [1.165, 1.54) is 0 Å². The number of anilines is 1. The molecule has 2 rings (SSSR count). The Morgan fingerprint density at radius 2 is 2.17 bits per heavy atom. The molecule has 0 aromatic carbocycles. The van der Waals surface area contributed by atoms with E-state index in [1.807, 2.05) is 19.9 Å². The normalized spacial score (nSPS) is 18.5. The second kappa shape index (κ2) is 4.58. The van der Waals surface area contributed by atoms with Crippen molar-refractivity contribution in [2.45, 2.75) is 33.2 Å². The molecule has 0 aliphatic carbocycles. The molecule has 1 saturated heterocycles. The Morgan fingerprint density at radius 3 is 2.78 bits per heavy atom. The number of pyridine rings is 1. The van der Waals surface area contributed by atoms with E-state index in [9.17, 15) is 5.26 Å². The molecule has 96 valence electrons. The largest absolute Gasteiger partial charge is 0.377 e. The molecule has 0 spiro atoms. The maximum atomic E-state index is 9.34. The van der Waals surface area contributed by atoms with Crippen LogP contribution >= 0.6 is 0 Å². The molecule has 0 saturated carbocycles. The van der Waals surface area contributed by atoms with Crippen LogP contribution in [0.3, 0.4) is 0 Å². The highest BCUT2D eigenvalue weighted by Gasteiger charge is 2.32. The van der Waals surface area contributed by atoms with Crippen molar-refractivity contribution in [1.82, 2.24) is 4.98 Å². The van der Waals surface area contributed by atoms with Crippen LogP contribution in [-0.4, -0.2) is 30.3 Å². The van der Waals surface area contributed by atoms with Crippen LogP contribution in [0.15, 0.2) is 6.07 Å². The summed E-state index contributed by atoms with van der Waals surface area (Å²) in [7, 11) is 0. The van der Waals surface area contributed by atoms with Gasteiger partial charge in [0.1, 0.15) is 6.07 Å². The van der Waals surface area contributed by atoms with Crippen molar-refractivity contribution in [3.05, 3.63) is 23.0 Å². The number of rotatable bonds is 1. The number of morpholine rings is 1. The van der Waals surface area contributed by atoms with E-state index in [1.54, 1.807) is 0 Å². The van der Waals surface area contributed by atoms with Gasteiger partial charge in [-0.3, -0.25) is 4.98 Å². The molecule has 1 aromatic heterocycles. The third-order valence-corrected chi connectivity index (χ3v) is 3.36. The van der Waals surface area contributed by atoms with E-state index in [0.717, 1.165) is 23.6 Å². The number of aromatic nitrogens is 1. The Hall–Kier alpha value is -1.60. The fourth-order valence-corrected chi connectivity index (χ4v) is 2.46. The first kappa shape index (κ1) is 12.8. The maximum Gasteiger partial charge on any atom is 0.103 e. The number of hydrogen-bond acceptors (Lipinski definition) is 4. The van der Waals surface area contributed by atoms with Crippen molar-refractivity contribution in [3.8, 4) is 6.07 Å². The predicted octanol–water partition coefficient (Wildman–Crippen LogP) is 2.19. The summed E-state index contributed by atoms with van der Waals surface area (Å²) < 4.78 is 5.53. The average molecular weight is 245 g/mol. The zero-order valence-electron chi connectivity index (χ0n) is 11.4. The summed E-state index contributed by atoms with van der Waals surface area (Å²) in [5.74, 6) is 0. The smallest absolute Gasteiger partial charge is 0.103 e. The number of aryl methyl sites for hydroxylation is 2. The van der Waals surface area contributed by atoms with Gasteiger partial charge in [0.2, 0.25) is 0 Å². The molecule has 0 bridgehead atoms. The van der Waals surface area contributed by atoms with E-state index in [0.29, 0.717) is 18.8 Å². The van der Waals surface area contributed by atoms with E-state index in [-0.39, 0.29) is 5.54 Å². The molecule has 0 unspecified atom stereocenters. The highest BCUT2D eigenvalue weighted by atomic mass is 16.5. The monoisotopic (exact) mass is 245 g/mol. The van der Waals surface area contributed by atoms with Gasteiger partial charge in [0.15, 0.2) is 0 Å². The lowest BCUT2D eigenvalue weighted by atomic mass is 9.99. The lowest BCUT2D eigenvalue weighted by Crippen LogP contribution is -2.53. The quantitative estimate of drug-likeness (QED) is 0.761.